The Hall–Kier alpha value is -1.53. The van der Waals surface area contributed by atoms with Gasteiger partial charge in [-0.05, 0) is 12.0 Å². The van der Waals surface area contributed by atoms with E-state index in [2.05, 4.69) is 0 Å². The van der Waals surface area contributed by atoms with Crippen molar-refractivity contribution in [3.8, 4) is 0 Å². The van der Waals surface area contributed by atoms with Gasteiger partial charge in [0.25, 0.3) is 0 Å². The first-order chi connectivity index (χ1) is 7.11. The Balaban J connectivity index is 0.000000583. The molecule has 6 heteroatoms. The maximum absolute atomic E-state index is 10.4. The summed E-state index contributed by atoms with van der Waals surface area (Å²) >= 11 is -0.250. The summed E-state index contributed by atoms with van der Waals surface area (Å²) in [6.45, 7) is 0. The molecule has 0 bridgehead atoms. The van der Waals surface area contributed by atoms with E-state index < -0.39 is 12.0 Å². The number of carboxylic acids is 1. The number of hydrogen-bond acceptors (Lipinski definition) is 4. The van der Waals surface area contributed by atoms with Crippen LogP contribution in [-0.2, 0) is 22.7 Å². The van der Waals surface area contributed by atoms with Crippen molar-refractivity contribution in [2.45, 2.75) is 12.5 Å². The van der Waals surface area contributed by atoms with Gasteiger partial charge in [0.1, 0.15) is 6.04 Å². The summed E-state index contributed by atoms with van der Waals surface area (Å²) in [6, 6.07) is 8.54. The van der Waals surface area contributed by atoms with Gasteiger partial charge in [0.05, 0.1) is 0 Å². The van der Waals surface area contributed by atoms with Crippen LogP contribution in [0, 0.1) is 4.78 Å². The van der Waals surface area contributed by atoms with Crippen LogP contribution in [-0.4, -0.2) is 21.3 Å². The summed E-state index contributed by atoms with van der Waals surface area (Å²) in [5.74, 6) is -0.959. The van der Waals surface area contributed by atoms with Gasteiger partial charge in [-0.1, -0.05) is 30.3 Å². The topological polar surface area (TPSA) is 104 Å². The maximum Gasteiger partial charge on any atom is 0.320 e. The predicted molar refractivity (Wildman–Crippen MR) is 56.6 cm³/mol. The normalized spacial score (nSPS) is 10.7. The van der Waals surface area contributed by atoms with Gasteiger partial charge in [-0.2, -0.15) is 4.21 Å². The molecule has 1 rings (SSSR count). The zero-order valence-electron chi connectivity index (χ0n) is 7.92. The molecule has 1 atom stereocenters. The minimum atomic E-state index is -0.959. The van der Waals surface area contributed by atoms with Gasteiger partial charge in [-0.15, -0.1) is 0 Å². The number of nitrogens with two attached hydrogens (primary N) is 1. The highest BCUT2D eigenvalue weighted by Gasteiger charge is 2.10. The molecule has 0 saturated carbocycles. The smallest absolute Gasteiger partial charge is 0.320 e. The van der Waals surface area contributed by atoms with Gasteiger partial charge in [-0.25, -0.2) is 4.78 Å². The summed E-state index contributed by atoms with van der Waals surface area (Å²) in [5.41, 5.74) is 6.30. The molecule has 0 heterocycles. The van der Waals surface area contributed by atoms with Crippen LogP contribution in [0.2, 0.25) is 0 Å². The first kappa shape index (κ1) is 13.5. The van der Waals surface area contributed by atoms with Crippen LogP contribution in [0.1, 0.15) is 5.56 Å². The third-order valence-electron chi connectivity index (χ3n) is 1.62. The Kier molecular flexibility index (Phi) is 7.04. The molecule has 0 aliphatic carbocycles. The standard InChI is InChI=1S/C9H11NO2.HNOS/c10-8(9(11)12)6-7-4-2-1-3-5-7;1-3-2/h1-5,8H,6,10H2,(H,11,12);1H. The summed E-state index contributed by atoms with van der Waals surface area (Å²) in [5, 5.41) is 8.52. The molecule has 0 aliphatic heterocycles. The number of nitrogens with one attached hydrogen (secondary N) is 1. The van der Waals surface area contributed by atoms with E-state index in [9.17, 15) is 4.79 Å². The van der Waals surface area contributed by atoms with Crippen LogP contribution < -0.4 is 5.73 Å². The Bertz CT molecular complexity index is 336. The summed E-state index contributed by atoms with van der Waals surface area (Å²) in [6.07, 6.45) is 0.385. The first-order valence-corrected chi connectivity index (χ1v) is 4.83. The lowest BCUT2D eigenvalue weighted by atomic mass is 10.1. The highest BCUT2D eigenvalue weighted by atomic mass is 32.1. The molecule has 1 aromatic carbocycles. The molecule has 5 nitrogen and oxygen atoms in total. The molecule has 15 heavy (non-hydrogen) atoms. The number of carboxylic acid groups (broad SMARTS) is 1. The van der Waals surface area contributed by atoms with E-state index in [1.807, 2.05) is 30.3 Å². The van der Waals surface area contributed by atoms with Crippen LogP contribution in [0.15, 0.2) is 30.3 Å². The maximum atomic E-state index is 10.4. The van der Waals surface area contributed by atoms with Crippen molar-refractivity contribution >= 4 is 17.4 Å². The monoisotopic (exact) mass is 228 g/mol. The fraction of sp³-hybridized carbons (Fsp3) is 0.222. The van der Waals surface area contributed by atoms with Crippen LogP contribution in [0.3, 0.4) is 0 Å². The highest BCUT2D eigenvalue weighted by molar-refractivity contribution is 7.53. The molecule has 82 valence electrons. The lowest BCUT2D eigenvalue weighted by Gasteiger charge is -2.04. The minimum Gasteiger partial charge on any atom is -0.480 e. The molecule has 4 N–H and O–H groups in total. The quantitative estimate of drug-likeness (QED) is 0.704. The average molecular weight is 228 g/mol. The lowest BCUT2D eigenvalue weighted by molar-refractivity contribution is -0.138. The summed E-state index contributed by atoms with van der Waals surface area (Å²) in [7, 11) is 0. The van der Waals surface area contributed by atoms with Crippen molar-refractivity contribution in [1.29, 1.82) is 4.78 Å². The van der Waals surface area contributed by atoms with Crippen molar-refractivity contribution in [2.24, 2.45) is 5.73 Å². The van der Waals surface area contributed by atoms with Crippen LogP contribution >= 0.6 is 0 Å². The van der Waals surface area contributed by atoms with E-state index in [1.54, 1.807) is 0 Å². The zero-order chi connectivity index (χ0) is 11.7. The molecule has 0 fully saturated rings. The first-order valence-electron chi connectivity index (χ1n) is 4.09. The number of hydrogen-bond donors (Lipinski definition) is 3. The second-order valence-electron chi connectivity index (χ2n) is 2.72. The van der Waals surface area contributed by atoms with Crippen molar-refractivity contribution < 1.29 is 14.1 Å². The number of carbonyl (C=O) groups is 1. The molecule has 0 spiro atoms. The van der Waals surface area contributed by atoms with Gasteiger partial charge in [0, 0.05) is 0 Å². The third kappa shape index (κ3) is 6.53. The molecule has 0 aromatic heterocycles. The molecule has 1 unspecified atom stereocenters. The third-order valence-corrected chi connectivity index (χ3v) is 1.62. The fourth-order valence-electron chi connectivity index (χ4n) is 0.955. The van der Waals surface area contributed by atoms with Crippen LogP contribution in [0.5, 0.6) is 0 Å². The van der Waals surface area contributed by atoms with Gasteiger partial charge >= 0.3 is 5.97 Å². The Labute approximate surface area is 91.0 Å². The molecule has 1 aromatic rings. The summed E-state index contributed by atoms with van der Waals surface area (Å²) in [4.78, 5) is 10.4. The summed E-state index contributed by atoms with van der Waals surface area (Å²) < 4.78 is 14.1. The van der Waals surface area contributed by atoms with E-state index in [0.29, 0.717) is 6.42 Å². The largest absolute Gasteiger partial charge is 0.480 e. The lowest BCUT2D eigenvalue weighted by Crippen LogP contribution is -2.32. The van der Waals surface area contributed by atoms with Crippen molar-refractivity contribution in [3.05, 3.63) is 35.9 Å². The van der Waals surface area contributed by atoms with E-state index in [0.717, 1.165) is 5.56 Å². The van der Waals surface area contributed by atoms with Crippen molar-refractivity contribution in [1.82, 2.24) is 0 Å². The van der Waals surface area contributed by atoms with E-state index in [1.165, 1.54) is 0 Å². The Morgan fingerprint density at radius 3 is 2.33 bits per heavy atom. The number of rotatable bonds is 3. The predicted octanol–water partition coefficient (Wildman–Crippen LogP) is 0.603. The fourth-order valence-corrected chi connectivity index (χ4v) is 0.955. The molecule has 0 aliphatic rings. The van der Waals surface area contributed by atoms with E-state index in [-0.39, 0.29) is 11.5 Å². The highest BCUT2D eigenvalue weighted by Crippen LogP contribution is 2.01. The minimum absolute atomic E-state index is 0.250. The van der Waals surface area contributed by atoms with Crippen molar-refractivity contribution in [2.75, 3.05) is 0 Å². The van der Waals surface area contributed by atoms with E-state index >= 15 is 0 Å². The molecule has 0 saturated heterocycles. The van der Waals surface area contributed by atoms with Gasteiger partial charge in [0.2, 0.25) is 0 Å². The molecular formula is C9H12N2O3S. The van der Waals surface area contributed by atoms with E-state index in [4.69, 9.17) is 19.8 Å². The molecular weight excluding hydrogens is 216 g/mol. The zero-order valence-corrected chi connectivity index (χ0v) is 8.74. The molecule has 0 amide bonds. The number of benzene rings is 1. The molecule has 0 radical (unpaired) electrons. The Morgan fingerprint density at radius 2 is 1.93 bits per heavy atom. The number of aliphatic carboxylic acids is 1. The second-order valence-corrected chi connectivity index (χ2v) is 2.88. The van der Waals surface area contributed by atoms with Crippen molar-refractivity contribution in [3.63, 3.8) is 0 Å². The SMILES string of the molecule is N=S=O.NC(Cc1ccccc1)C(=O)O. The average Bonchev–Trinajstić information content (AvgIpc) is 2.20. The van der Waals surface area contributed by atoms with Crippen LogP contribution in [0.4, 0.5) is 0 Å². The van der Waals surface area contributed by atoms with Gasteiger partial charge < -0.3 is 10.8 Å². The Morgan fingerprint density at radius 1 is 1.47 bits per heavy atom. The van der Waals surface area contributed by atoms with Crippen LogP contribution in [0.25, 0.3) is 0 Å². The second kappa shape index (κ2) is 7.84. The van der Waals surface area contributed by atoms with Gasteiger partial charge in [0.15, 0.2) is 11.5 Å². The van der Waals surface area contributed by atoms with Gasteiger partial charge in [-0.3, -0.25) is 4.79 Å².